The van der Waals surface area contributed by atoms with Gasteiger partial charge in [-0.1, -0.05) is 12.8 Å². The first-order chi connectivity index (χ1) is 9.13. The number of hydrogen-bond donors (Lipinski definition) is 1. The first-order valence-corrected chi connectivity index (χ1v) is 6.90. The largest absolute Gasteiger partial charge is 0.466 e. The van der Waals surface area contributed by atoms with E-state index in [1.807, 2.05) is 0 Å². The van der Waals surface area contributed by atoms with Crippen molar-refractivity contribution < 1.29 is 23.9 Å². The number of esters is 2. The van der Waals surface area contributed by atoms with Crippen LogP contribution in [0.2, 0.25) is 0 Å². The van der Waals surface area contributed by atoms with Crippen molar-refractivity contribution in [2.45, 2.75) is 44.6 Å². The lowest BCUT2D eigenvalue weighted by molar-refractivity contribution is -0.144. The molecular weight excluding hydrogens is 274 g/mol. The fourth-order valence-corrected chi connectivity index (χ4v) is 1.84. The van der Waals surface area contributed by atoms with Crippen LogP contribution in [-0.4, -0.2) is 36.6 Å². The minimum atomic E-state index is -0.761. The molecule has 0 saturated carbocycles. The highest BCUT2D eigenvalue weighted by molar-refractivity contribution is 6.17. The van der Waals surface area contributed by atoms with Crippen LogP contribution in [-0.2, 0) is 19.1 Å². The molecule has 6 nitrogen and oxygen atoms in total. The number of carbonyl (C=O) groups excluding carboxylic acids is 3. The molecule has 0 bridgehead atoms. The van der Waals surface area contributed by atoms with Gasteiger partial charge in [0.15, 0.2) is 0 Å². The Hall–Kier alpha value is -1.30. The Morgan fingerprint density at radius 3 is 2.63 bits per heavy atom. The molecule has 1 rings (SSSR count). The molecule has 0 aliphatic carbocycles. The highest BCUT2D eigenvalue weighted by atomic mass is 35.5. The predicted octanol–water partition coefficient (Wildman–Crippen LogP) is 1.74. The average molecular weight is 292 g/mol. The molecule has 0 unspecified atom stereocenters. The molecule has 1 aliphatic heterocycles. The van der Waals surface area contributed by atoms with Crippen LogP contribution >= 0.6 is 11.6 Å². The molecule has 7 heteroatoms. The number of ether oxygens (including phenoxy) is 2. The van der Waals surface area contributed by atoms with E-state index in [-0.39, 0.29) is 18.8 Å². The van der Waals surface area contributed by atoms with E-state index in [2.05, 4.69) is 10.1 Å². The number of alkyl halides is 1. The summed E-state index contributed by atoms with van der Waals surface area (Å²) >= 11 is 5.54. The minimum absolute atomic E-state index is 0.0850. The van der Waals surface area contributed by atoms with Crippen LogP contribution in [0.4, 0.5) is 4.79 Å². The van der Waals surface area contributed by atoms with Crippen molar-refractivity contribution >= 4 is 29.6 Å². The zero-order valence-electron chi connectivity index (χ0n) is 10.7. The van der Waals surface area contributed by atoms with Crippen LogP contribution in [0, 0.1) is 0 Å². The van der Waals surface area contributed by atoms with Crippen LogP contribution in [0.15, 0.2) is 0 Å². The van der Waals surface area contributed by atoms with Crippen LogP contribution < -0.4 is 5.32 Å². The first-order valence-electron chi connectivity index (χ1n) is 6.37. The predicted molar refractivity (Wildman–Crippen MR) is 67.8 cm³/mol. The van der Waals surface area contributed by atoms with Gasteiger partial charge in [0.1, 0.15) is 6.04 Å². The Morgan fingerprint density at radius 2 is 2.00 bits per heavy atom. The number of hydrogen-bond acceptors (Lipinski definition) is 5. The molecule has 1 aliphatic rings. The maximum absolute atomic E-state index is 11.4. The van der Waals surface area contributed by atoms with E-state index < -0.39 is 18.1 Å². The molecule has 1 N–H and O–H groups in total. The second-order valence-electron chi connectivity index (χ2n) is 4.27. The maximum Gasteiger partial charge on any atom is 0.415 e. The molecule has 1 heterocycles. The summed E-state index contributed by atoms with van der Waals surface area (Å²) in [5, 5.41) is 2.32. The van der Waals surface area contributed by atoms with E-state index in [9.17, 15) is 14.4 Å². The fraction of sp³-hybridized carbons (Fsp3) is 0.750. The third-order valence-electron chi connectivity index (χ3n) is 2.70. The van der Waals surface area contributed by atoms with Gasteiger partial charge in [0.25, 0.3) is 0 Å². The summed E-state index contributed by atoms with van der Waals surface area (Å²) in [6, 6.07) is -0.733. The van der Waals surface area contributed by atoms with Gasteiger partial charge in [-0.2, -0.15) is 0 Å². The Morgan fingerprint density at radius 1 is 1.26 bits per heavy atom. The maximum atomic E-state index is 11.4. The van der Waals surface area contributed by atoms with Gasteiger partial charge in [0, 0.05) is 12.3 Å². The lowest BCUT2D eigenvalue weighted by atomic mass is 10.1. The molecule has 108 valence electrons. The van der Waals surface area contributed by atoms with Gasteiger partial charge in [-0.25, -0.2) is 9.59 Å². The highest BCUT2D eigenvalue weighted by Gasteiger charge is 2.32. The number of rotatable bonds is 9. The number of unbranched alkanes of at least 4 members (excludes halogenated alkanes) is 3. The minimum Gasteiger partial charge on any atom is -0.466 e. The Balaban J connectivity index is 2.02. The standard InChI is InChI=1S/C12H18ClNO5/c13-7-3-1-2-4-8-18-10(15)6-5-9-11(16)19-12(17)14-9/h9H,1-8H2,(H,14,17)/t9-/m0/s1. The van der Waals surface area contributed by atoms with E-state index in [4.69, 9.17) is 16.3 Å². The molecule has 0 aromatic rings. The number of amides is 1. The molecule has 0 aromatic carbocycles. The molecular formula is C12H18ClNO5. The SMILES string of the molecule is O=C(CC[C@@H]1NC(=O)OC1=O)OCCCCCCCl. The summed E-state index contributed by atoms with van der Waals surface area (Å²) in [5.41, 5.74) is 0. The monoisotopic (exact) mass is 291 g/mol. The topological polar surface area (TPSA) is 81.7 Å². The summed E-state index contributed by atoms with van der Waals surface area (Å²) in [6.45, 7) is 0.378. The van der Waals surface area contributed by atoms with Crippen molar-refractivity contribution in [1.29, 1.82) is 0 Å². The van der Waals surface area contributed by atoms with Crippen LogP contribution in [0.25, 0.3) is 0 Å². The van der Waals surface area contributed by atoms with E-state index >= 15 is 0 Å². The molecule has 0 aromatic heterocycles. The number of nitrogens with one attached hydrogen (secondary N) is 1. The fourth-order valence-electron chi connectivity index (χ4n) is 1.65. The Bertz CT molecular complexity index is 334. The first kappa shape index (κ1) is 15.8. The van der Waals surface area contributed by atoms with Crippen molar-refractivity contribution in [1.82, 2.24) is 5.32 Å². The summed E-state index contributed by atoms with van der Waals surface area (Å²) in [4.78, 5) is 33.2. The zero-order chi connectivity index (χ0) is 14.1. The molecule has 1 fully saturated rings. The second kappa shape index (κ2) is 8.74. The number of alkyl carbamates (subject to hydrolysis) is 1. The Labute approximate surface area is 116 Å². The highest BCUT2D eigenvalue weighted by Crippen LogP contribution is 2.08. The van der Waals surface area contributed by atoms with Gasteiger partial charge in [-0.05, 0) is 19.3 Å². The lowest BCUT2D eigenvalue weighted by Crippen LogP contribution is -2.29. The van der Waals surface area contributed by atoms with Crippen molar-refractivity contribution in [3.63, 3.8) is 0 Å². The van der Waals surface area contributed by atoms with Crippen molar-refractivity contribution in [2.75, 3.05) is 12.5 Å². The van der Waals surface area contributed by atoms with Gasteiger partial charge in [0.05, 0.1) is 6.61 Å². The number of cyclic esters (lactones) is 2. The lowest BCUT2D eigenvalue weighted by Gasteiger charge is -2.06. The third kappa shape index (κ3) is 6.42. The van der Waals surface area contributed by atoms with Gasteiger partial charge in [-0.3, -0.25) is 4.79 Å². The molecule has 1 amide bonds. The van der Waals surface area contributed by atoms with E-state index in [1.54, 1.807) is 0 Å². The van der Waals surface area contributed by atoms with Crippen molar-refractivity contribution in [3.05, 3.63) is 0 Å². The quantitative estimate of drug-likeness (QED) is 0.303. The molecule has 19 heavy (non-hydrogen) atoms. The van der Waals surface area contributed by atoms with Crippen LogP contribution in [0.5, 0.6) is 0 Å². The van der Waals surface area contributed by atoms with E-state index in [0.717, 1.165) is 25.7 Å². The zero-order valence-corrected chi connectivity index (χ0v) is 11.4. The normalized spacial score (nSPS) is 18.1. The summed E-state index contributed by atoms with van der Waals surface area (Å²) in [7, 11) is 0. The smallest absolute Gasteiger partial charge is 0.415 e. The second-order valence-corrected chi connectivity index (χ2v) is 4.65. The van der Waals surface area contributed by atoms with Crippen molar-refractivity contribution in [3.8, 4) is 0 Å². The van der Waals surface area contributed by atoms with Crippen molar-refractivity contribution in [2.24, 2.45) is 0 Å². The molecule has 1 atom stereocenters. The molecule has 1 saturated heterocycles. The van der Waals surface area contributed by atoms with Gasteiger partial charge >= 0.3 is 18.0 Å². The molecule has 0 spiro atoms. The summed E-state index contributed by atoms with van der Waals surface area (Å²) < 4.78 is 9.30. The van der Waals surface area contributed by atoms with E-state index in [0.29, 0.717) is 12.5 Å². The van der Waals surface area contributed by atoms with E-state index in [1.165, 1.54) is 0 Å². The van der Waals surface area contributed by atoms with Gasteiger partial charge in [0.2, 0.25) is 0 Å². The van der Waals surface area contributed by atoms with Gasteiger partial charge < -0.3 is 14.8 Å². The third-order valence-corrected chi connectivity index (χ3v) is 2.97. The van der Waals surface area contributed by atoms with Crippen LogP contribution in [0.3, 0.4) is 0 Å². The number of halogens is 1. The number of carbonyl (C=O) groups is 3. The van der Waals surface area contributed by atoms with Gasteiger partial charge in [-0.15, -0.1) is 11.6 Å². The average Bonchev–Trinajstić information content (AvgIpc) is 2.69. The summed E-state index contributed by atoms with van der Waals surface area (Å²) in [5.74, 6) is -0.353. The van der Waals surface area contributed by atoms with Crippen LogP contribution in [0.1, 0.15) is 38.5 Å². The summed E-state index contributed by atoms with van der Waals surface area (Å²) in [6.07, 6.45) is 3.32. The Kier molecular flexibility index (Phi) is 7.25. The molecule has 0 radical (unpaired) electrons.